The van der Waals surface area contributed by atoms with Gasteiger partial charge in [0.2, 0.25) is 0 Å². The Labute approximate surface area is 120 Å². The standard InChI is InChI=1S/C15H24N2O3/c1-12(11-18)17-15(19)16-9-6-10-20-13(2)14-7-4-3-5-8-14/h3-5,7-8,12-13,18H,6,9-11H2,1-2H3,(H2,16,17,19). The highest BCUT2D eigenvalue weighted by Crippen LogP contribution is 2.15. The number of hydrogen-bond donors (Lipinski definition) is 3. The van der Waals surface area contributed by atoms with E-state index in [0.29, 0.717) is 13.2 Å². The second-order valence-corrected chi connectivity index (χ2v) is 4.76. The first-order chi connectivity index (χ1) is 9.63. The van der Waals surface area contributed by atoms with Crippen LogP contribution in [0.3, 0.4) is 0 Å². The zero-order valence-electron chi connectivity index (χ0n) is 12.1. The van der Waals surface area contributed by atoms with Crippen LogP contribution in [-0.2, 0) is 4.74 Å². The van der Waals surface area contributed by atoms with Crippen LogP contribution in [0.1, 0.15) is 31.9 Å². The Kier molecular flexibility index (Phi) is 7.69. The number of urea groups is 1. The molecule has 1 aromatic rings. The predicted molar refractivity (Wildman–Crippen MR) is 78.5 cm³/mol. The topological polar surface area (TPSA) is 70.6 Å². The number of nitrogens with one attached hydrogen (secondary N) is 2. The summed E-state index contributed by atoms with van der Waals surface area (Å²) in [5.74, 6) is 0. The van der Waals surface area contributed by atoms with Crippen LogP contribution in [0.25, 0.3) is 0 Å². The lowest BCUT2D eigenvalue weighted by atomic mass is 10.1. The Morgan fingerprint density at radius 3 is 2.65 bits per heavy atom. The molecule has 5 heteroatoms. The fourth-order valence-electron chi connectivity index (χ4n) is 1.67. The molecule has 2 atom stereocenters. The average Bonchev–Trinajstić information content (AvgIpc) is 2.47. The van der Waals surface area contributed by atoms with Crippen LogP contribution in [0.2, 0.25) is 0 Å². The van der Waals surface area contributed by atoms with Gasteiger partial charge in [0.15, 0.2) is 0 Å². The number of carbonyl (C=O) groups excluding carboxylic acids is 1. The molecular formula is C15H24N2O3. The van der Waals surface area contributed by atoms with Gasteiger partial charge >= 0.3 is 6.03 Å². The van der Waals surface area contributed by atoms with Crippen LogP contribution < -0.4 is 10.6 Å². The van der Waals surface area contributed by atoms with E-state index in [2.05, 4.69) is 10.6 Å². The maximum Gasteiger partial charge on any atom is 0.315 e. The van der Waals surface area contributed by atoms with Gasteiger partial charge < -0.3 is 20.5 Å². The molecule has 0 spiro atoms. The van der Waals surface area contributed by atoms with E-state index < -0.39 is 0 Å². The van der Waals surface area contributed by atoms with Crippen LogP contribution >= 0.6 is 0 Å². The van der Waals surface area contributed by atoms with Gasteiger partial charge in [0.1, 0.15) is 0 Å². The van der Waals surface area contributed by atoms with Gasteiger partial charge in [-0.1, -0.05) is 30.3 Å². The molecule has 2 amide bonds. The number of carbonyl (C=O) groups is 1. The maximum atomic E-state index is 11.4. The summed E-state index contributed by atoms with van der Waals surface area (Å²) in [6.07, 6.45) is 0.803. The number of rotatable bonds is 8. The molecule has 112 valence electrons. The van der Waals surface area contributed by atoms with Crippen LogP contribution in [0.5, 0.6) is 0 Å². The molecule has 0 radical (unpaired) electrons. The molecule has 0 aliphatic carbocycles. The molecule has 1 rings (SSSR count). The zero-order chi connectivity index (χ0) is 14.8. The molecule has 0 aliphatic heterocycles. The highest BCUT2D eigenvalue weighted by molar-refractivity contribution is 5.74. The fourth-order valence-corrected chi connectivity index (χ4v) is 1.67. The summed E-state index contributed by atoms with van der Waals surface area (Å²) < 4.78 is 5.70. The van der Waals surface area contributed by atoms with Crippen molar-refractivity contribution in [2.75, 3.05) is 19.8 Å². The van der Waals surface area contributed by atoms with E-state index in [9.17, 15) is 4.79 Å². The van der Waals surface area contributed by atoms with Crippen molar-refractivity contribution in [3.63, 3.8) is 0 Å². The fraction of sp³-hybridized carbons (Fsp3) is 0.533. The van der Waals surface area contributed by atoms with Gasteiger partial charge in [-0.2, -0.15) is 0 Å². The first-order valence-electron chi connectivity index (χ1n) is 6.95. The number of ether oxygens (including phenoxy) is 1. The summed E-state index contributed by atoms with van der Waals surface area (Å²) in [5.41, 5.74) is 1.15. The lowest BCUT2D eigenvalue weighted by Crippen LogP contribution is -2.42. The van der Waals surface area contributed by atoms with Crippen molar-refractivity contribution in [3.05, 3.63) is 35.9 Å². The number of benzene rings is 1. The van der Waals surface area contributed by atoms with Gasteiger partial charge in [0.05, 0.1) is 18.8 Å². The van der Waals surface area contributed by atoms with Gasteiger partial charge in [-0.15, -0.1) is 0 Å². The number of aliphatic hydroxyl groups is 1. The van der Waals surface area contributed by atoms with E-state index in [-0.39, 0.29) is 24.8 Å². The second-order valence-electron chi connectivity index (χ2n) is 4.76. The monoisotopic (exact) mass is 280 g/mol. The van der Waals surface area contributed by atoms with Crippen LogP contribution in [0, 0.1) is 0 Å². The van der Waals surface area contributed by atoms with Crippen molar-refractivity contribution in [2.45, 2.75) is 32.4 Å². The van der Waals surface area contributed by atoms with Gasteiger partial charge in [-0.3, -0.25) is 0 Å². The molecule has 20 heavy (non-hydrogen) atoms. The molecule has 0 saturated carbocycles. The van der Waals surface area contributed by atoms with Gasteiger partial charge in [0.25, 0.3) is 0 Å². The molecule has 2 unspecified atom stereocenters. The van der Waals surface area contributed by atoms with Gasteiger partial charge in [-0.05, 0) is 25.8 Å². The summed E-state index contributed by atoms with van der Waals surface area (Å²) in [4.78, 5) is 11.4. The average molecular weight is 280 g/mol. The van der Waals surface area contributed by atoms with Gasteiger partial charge in [-0.25, -0.2) is 4.79 Å². The minimum Gasteiger partial charge on any atom is -0.394 e. The smallest absolute Gasteiger partial charge is 0.315 e. The van der Waals surface area contributed by atoms with Crippen molar-refractivity contribution in [1.29, 1.82) is 0 Å². The molecule has 0 aliphatic rings. The normalized spacial score (nSPS) is 13.6. The lowest BCUT2D eigenvalue weighted by Gasteiger charge is -2.14. The Balaban J connectivity index is 2.09. The van der Waals surface area contributed by atoms with Crippen molar-refractivity contribution in [3.8, 4) is 0 Å². The quantitative estimate of drug-likeness (QED) is 0.636. The molecule has 0 fully saturated rings. The Morgan fingerprint density at radius 1 is 1.30 bits per heavy atom. The summed E-state index contributed by atoms with van der Waals surface area (Å²) in [6.45, 7) is 4.82. The predicted octanol–water partition coefficient (Wildman–Crippen LogP) is 1.83. The number of aliphatic hydroxyl groups excluding tert-OH is 1. The second kappa shape index (κ2) is 9.34. The van der Waals surface area contributed by atoms with E-state index in [0.717, 1.165) is 12.0 Å². The van der Waals surface area contributed by atoms with Crippen LogP contribution in [-0.4, -0.2) is 36.9 Å². The van der Waals surface area contributed by atoms with Crippen molar-refractivity contribution < 1.29 is 14.6 Å². The molecule has 0 heterocycles. The minimum absolute atomic E-state index is 0.0550. The minimum atomic E-state index is -0.261. The molecular weight excluding hydrogens is 256 g/mol. The molecule has 5 nitrogen and oxygen atoms in total. The summed E-state index contributed by atoms with van der Waals surface area (Å²) in [6, 6.07) is 9.53. The summed E-state index contributed by atoms with van der Waals surface area (Å²) >= 11 is 0. The molecule has 0 saturated heterocycles. The third-order valence-corrected chi connectivity index (χ3v) is 2.89. The van der Waals surface area contributed by atoms with E-state index in [1.165, 1.54) is 0 Å². The van der Waals surface area contributed by atoms with Crippen LogP contribution in [0.15, 0.2) is 30.3 Å². The van der Waals surface area contributed by atoms with E-state index in [4.69, 9.17) is 9.84 Å². The van der Waals surface area contributed by atoms with E-state index in [1.54, 1.807) is 6.92 Å². The Hall–Kier alpha value is -1.59. The SMILES string of the molecule is CC(CO)NC(=O)NCCCOC(C)c1ccccc1. The maximum absolute atomic E-state index is 11.4. The third-order valence-electron chi connectivity index (χ3n) is 2.89. The first-order valence-corrected chi connectivity index (χ1v) is 6.95. The summed E-state index contributed by atoms with van der Waals surface area (Å²) in [7, 11) is 0. The molecule has 0 aromatic heterocycles. The van der Waals surface area contributed by atoms with Crippen molar-refractivity contribution >= 4 is 6.03 Å². The largest absolute Gasteiger partial charge is 0.394 e. The molecule has 0 bridgehead atoms. The van der Waals surface area contributed by atoms with E-state index in [1.807, 2.05) is 37.3 Å². The number of amides is 2. The third kappa shape index (κ3) is 6.54. The highest BCUT2D eigenvalue weighted by Gasteiger charge is 2.06. The Morgan fingerprint density at radius 2 is 2.00 bits per heavy atom. The van der Waals surface area contributed by atoms with E-state index >= 15 is 0 Å². The Bertz CT molecular complexity index is 384. The molecule has 3 N–H and O–H groups in total. The highest BCUT2D eigenvalue weighted by atomic mass is 16.5. The number of hydrogen-bond acceptors (Lipinski definition) is 3. The van der Waals surface area contributed by atoms with Crippen molar-refractivity contribution in [1.82, 2.24) is 10.6 Å². The van der Waals surface area contributed by atoms with Crippen LogP contribution in [0.4, 0.5) is 4.79 Å². The molecule has 1 aromatic carbocycles. The first kappa shape index (κ1) is 16.5. The lowest BCUT2D eigenvalue weighted by molar-refractivity contribution is 0.0644. The zero-order valence-corrected chi connectivity index (χ0v) is 12.1. The van der Waals surface area contributed by atoms with Crippen molar-refractivity contribution in [2.24, 2.45) is 0 Å². The van der Waals surface area contributed by atoms with Gasteiger partial charge in [0, 0.05) is 13.2 Å². The summed E-state index contributed by atoms with van der Waals surface area (Å²) in [5, 5.41) is 14.1.